The van der Waals surface area contributed by atoms with Crippen molar-refractivity contribution in [3.05, 3.63) is 144 Å². The first-order valence-corrected chi connectivity index (χ1v) is 28.9. The maximum Gasteiger partial charge on any atom is 0.274 e. The lowest BCUT2D eigenvalue weighted by Gasteiger charge is -2.18. The van der Waals surface area contributed by atoms with Crippen molar-refractivity contribution in [3.63, 3.8) is 0 Å². The second-order valence-electron chi connectivity index (χ2n) is 18.6. The molecule has 0 saturated carbocycles. The number of hydrogen-bond donors (Lipinski definition) is 4. The fraction of sp³-hybridized carbons (Fsp3) is 0.468. The molecule has 8 aromatic rings. The third kappa shape index (κ3) is 25.5. The van der Waals surface area contributed by atoms with Crippen molar-refractivity contribution in [2.24, 2.45) is 33.9 Å². The average Bonchev–Trinajstić information content (AvgIpc) is 2.63. The van der Waals surface area contributed by atoms with E-state index in [1.807, 2.05) is 89.3 Å². The molecule has 0 amide bonds. The predicted molar refractivity (Wildman–Crippen MR) is 358 cm³/mol. The third-order valence-electron chi connectivity index (χ3n) is 12.3. The summed E-state index contributed by atoms with van der Waals surface area (Å²) in [6.45, 7) is 17.5. The quantitative estimate of drug-likeness (QED) is 0.0243. The molecule has 5 N–H and O–H groups in total. The van der Waals surface area contributed by atoms with Crippen LogP contribution in [0.2, 0.25) is 5.15 Å². The number of carbonyl (C=O) groups excluding carboxylic acids is 1. The molecular formula is C62H93Cl2N13O11. The fourth-order valence-electron chi connectivity index (χ4n) is 7.97. The Morgan fingerprint density at radius 1 is 0.534 bits per heavy atom. The molecule has 4 aromatic heterocycles. The largest absolute Gasteiger partial charge is 0.385 e. The number of nitrogens with zero attached hydrogens (tertiary/aromatic N) is 9. The van der Waals surface area contributed by atoms with Crippen LogP contribution in [0.4, 0.5) is 17.5 Å². The van der Waals surface area contributed by atoms with Crippen molar-refractivity contribution >= 4 is 90.8 Å². The molecule has 8 rings (SSSR count). The number of aromatic nitrogens is 8. The van der Waals surface area contributed by atoms with Gasteiger partial charge in [-0.1, -0.05) is 105 Å². The fourth-order valence-corrected chi connectivity index (χ4v) is 8.25. The van der Waals surface area contributed by atoms with E-state index in [1.54, 1.807) is 84.9 Å². The number of aldehydes is 1. The lowest BCUT2D eigenvalue weighted by atomic mass is 10.2. The number of halogens is 2. The molecule has 486 valence electrons. The van der Waals surface area contributed by atoms with Gasteiger partial charge in [-0.2, -0.15) is 20.4 Å². The third-order valence-corrected chi connectivity index (χ3v) is 12.6. The SMILES string of the molecule is C.CCCCOC.CCOC(CN)OCC.CCOC(CNc1nn(C)c(=O)c2ccccc12)OCC.COCCN(C)CCNc1nn(C)c(=O)c2ccccc12.Cl.Cn1nc(Cl)c2ccccc2c1=O.Cn1nc(NCC=O)c2ccccc2c1=O. The Hall–Kier alpha value is -7.23. The van der Waals surface area contributed by atoms with Crippen LogP contribution < -0.4 is 43.9 Å². The summed E-state index contributed by atoms with van der Waals surface area (Å²) in [6.07, 6.45) is 2.63. The summed E-state index contributed by atoms with van der Waals surface area (Å²) < 4.78 is 36.2. The number of ether oxygens (including phenoxy) is 6. The van der Waals surface area contributed by atoms with Crippen LogP contribution >= 0.6 is 24.0 Å². The highest BCUT2D eigenvalue weighted by atomic mass is 35.5. The lowest BCUT2D eigenvalue weighted by molar-refractivity contribution is -0.128. The van der Waals surface area contributed by atoms with Gasteiger partial charge >= 0.3 is 0 Å². The van der Waals surface area contributed by atoms with Crippen molar-refractivity contribution in [3.8, 4) is 0 Å². The maximum absolute atomic E-state index is 12.0. The summed E-state index contributed by atoms with van der Waals surface area (Å²) in [5.74, 6) is 1.94. The Bertz CT molecular complexity index is 3520. The Balaban J connectivity index is 0.000000546. The van der Waals surface area contributed by atoms with Gasteiger partial charge in [0.05, 0.1) is 41.2 Å². The first-order chi connectivity index (χ1) is 41.5. The number of anilines is 3. The summed E-state index contributed by atoms with van der Waals surface area (Å²) in [7, 11) is 12.0. The average molecular weight is 1270 g/mol. The Morgan fingerprint density at radius 3 is 1.25 bits per heavy atom. The van der Waals surface area contributed by atoms with Crippen molar-refractivity contribution in [1.82, 2.24) is 44.0 Å². The van der Waals surface area contributed by atoms with E-state index in [2.05, 4.69) is 48.2 Å². The van der Waals surface area contributed by atoms with Crippen molar-refractivity contribution in [2.45, 2.75) is 67.5 Å². The number of nitrogens with two attached hydrogens (primary N) is 1. The molecule has 0 aliphatic rings. The zero-order valence-corrected chi connectivity index (χ0v) is 53.8. The summed E-state index contributed by atoms with van der Waals surface area (Å²) in [5, 5.41) is 31.9. The van der Waals surface area contributed by atoms with Crippen LogP contribution in [0, 0.1) is 0 Å². The number of rotatable bonds is 25. The number of unbranched alkanes of at least 4 members (excludes halogenated alkanes) is 1. The lowest BCUT2D eigenvalue weighted by Crippen LogP contribution is -2.29. The second-order valence-corrected chi connectivity index (χ2v) is 19.0. The van der Waals surface area contributed by atoms with Crippen LogP contribution in [0.1, 0.15) is 54.9 Å². The van der Waals surface area contributed by atoms with Crippen LogP contribution in [0.25, 0.3) is 43.1 Å². The molecule has 0 unspecified atom stereocenters. The first kappa shape index (κ1) is 78.8. The molecule has 26 heteroatoms. The zero-order valence-electron chi connectivity index (χ0n) is 52.2. The standard InChI is InChI=1S/C15H22N4O2.C15H21N3O3.C11H11N3O2.C9H7ClN2O.C6H15NO2.C5H12O.CH4.ClH/c1-18(10-11-21-3)9-8-16-14-12-6-4-5-7-13(12)15(20)19(2)17-14;1-4-20-13(21-5-2)10-16-14-11-8-6-7-9-12(11)15(19)18(3)17-14;1-14-11(16)9-5-3-2-4-8(9)10(13-14)12-6-7-15;1-12-9(13)7-5-3-2-4-6(7)8(10)11-12;1-3-8-6(5-7)9-4-2;1-3-4-5-6-2;;/h4-7H,8-11H2,1-3H3,(H,16,17);6-9,13H,4-5,10H2,1-3H3,(H,16,17);2-5,7H,6H2,1H3,(H,12,13);2-5H,1H3;6H,3-5,7H2,1-2H3;3-5H2,1-2H3;1H4;1H. The molecule has 0 aliphatic carbocycles. The summed E-state index contributed by atoms with van der Waals surface area (Å²) in [6, 6.07) is 29.3. The van der Waals surface area contributed by atoms with E-state index >= 15 is 0 Å². The van der Waals surface area contributed by atoms with E-state index in [9.17, 15) is 24.0 Å². The molecule has 0 spiro atoms. The van der Waals surface area contributed by atoms with Crippen LogP contribution in [0.5, 0.6) is 0 Å². The smallest absolute Gasteiger partial charge is 0.274 e. The second kappa shape index (κ2) is 44.2. The monoisotopic (exact) mass is 1270 g/mol. The number of benzene rings is 4. The van der Waals surface area contributed by atoms with E-state index in [-0.39, 0.29) is 61.2 Å². The summed E-state index contributed by atoms with van der Waals surface area (Å²) in [5.41, 5.74) is 4.84. The minimum absolute atomic E-state index is 0. The molecule has 88 heavy (non-hydrogen) atoms. The van der Waals surface area contributed by atoms with Gasteiger partial charge in [-0.25, -0.2) is 18.7 Å². The van der Waals surface area contributed by atoms with Crippen LogP contribution in [-0.4, -0.2) is 163 Å². The van der Waals surface area contributed by atoms with Gasteiger partial charge in [-0.05, 0) is 65.4 Å². The van der Waals surface area contributed by atoms with Gasteiger partial charge in [0.15, 0.2) is 35.2 Å². The topological polar surface area (TPSA) is 277 Å². The van der Waals surface area contributed by atoms with Gasteiger partial charge < -0.3 is 59.8 Å². The van der Waals surface area contributed by atoms with E-state index in [1.165, 1.54) is 31.6 Å². The van der Waals surface area contributed by atoms with E-state index in [4.69, 9.17) is 45.8 Å². The molecule has 0 saturated heterocycles. The highest BCUT2D eigenvalue weighted by Gasteiger charge is 2.13. The number of nitrogens with one attached hydrogen (secondary N) is 3. The molecule has 0 fully saturated rings. The minimum Gasteiger partial charge on any atom is -0.385 e. The van der Waals surface area contributed by atoms with Gasteiger partial charge in [0.1, 0.15) is 6.29 Å². The number of hydrogen-bond acceptors (Lipinski definition) is 20. The number of carbonyl (C=O) groups is 1. The molecule has 24 nitrogen and oxygen atoms in total. The molecular weight excluding hydrogens is 1170 g/mol. The first-order valence-electron chi connectivity index (χ1n) is 28.5. The van der Waals surface area contributed by atoms with Crippen LogP contribution in [-0.2, 0) is 61.4 Å². The Morgan fingerprint density at radius 2 is 0.886 bits per heavy atom. The molecule has 4 aromatic carbocycles. The zero-order chi connectivity index (χ0) is 63.4. The van der Waals surface area contributed by atoms with E-state index < -0.39 is 0 Å². The van der Waals surface area contributed by atoms with E-state index in [0.29, 0.717) is 83.2 Å². The molecule has 4 heterocycles. The van der Waals surface area contributed by atoms with Crippen LogP contribution in [0.3, 0.4) is 0 Å². The molecule has 0 atom stereocenters. The number of likely N-dealkylation sites (N-methyl/N-ethyl adjacent to an activating group) is 1. The molecule has 0 aliphatic heterocycles. The van der Waals surface area contributed by atoms with Crippen molar-refractivity contribution < 1.29 is 33.2 Å². The molecule has 0 radical (unpaired) electrons. The number of methoxy groups -OCH3 is 2. The Labute approximate surface area is 526 Å². The Kier molecular flexibility index (Phi) is 39.6. The summed E-state index contributed by atoms with van der Waals surface area (Å²) >= 11 is 5.86. The van der Waals surface area contributed by atoms with Gasteiger partial charge in [0.25, 0.3) is 22.2 Å². The minimum atomic E-state index is -0.335. The van der Waals surface area contributed by atoms with Crippen LogP contribution in [0.15, 0.2) is 116 Å². The normalized spacial score (nSPS) is 10.5. The number of aryl methyl sites for hydroxylation is 4. The molecule has 0 bridgehead atoms. The van der Waals surface area contributed by atoms with Gasteiger partial charge in [-0.3, -0.25) is 19.2 Å². The highest BCUT2D eigenvalue weighted by Crippen LogP contribution is 2.20. The van der Waals surface area contributed by atoms with Crippen molar-refractivity contribution in [2.75, 3.05) is 116 Å². The highest BCUT2D eigenvalue weighted by molar-refractivity contribution is 6.34. The van der Waals surface area contributed by atoms with Gasteiger partial charge in [0, 0.05) is 123 Å². The maximum atomic E-state index is 12.0. The van der Waals surface area contributed by atoms with Gasteiger partial charge in [0.2, 0.25) is 0 Å². The van der Waals surface area contributed by atoms with Crippen molar-refractivity contribution in [1.29, 1.82) is 0 Å². The van der Waals surface area contributed by atoms with E-state index in [0.717, 1.165) is 61.1 Å². The summed E-state index contributed by atoms with van der Waals surface area (Å²) in [4.78, 5) is 59.8. The predicted octanol–water partition coefficient (Wildman–Crippen LogP) is 7.63. The number of fused-ring (bicyclic) bond motifs is 4. The van der Waals surface area contributed by atoms with Gasteiger partial charge in [-0.15, -0.1) is 12.4 Å².